The van der Waals surface area contributed by atoms with Crippen LogP contribution in [0.2, 0.25) is 0 Å². The van der Waals surface area contributed by atoms with Gasteiger partial charge in [-0.05, 0) is 30.5 Å². The van der Waals surface area contributed by atoms with Gasteiger partial charge in [0, 0.05) is 0 Å². The molecule has 0 heterocycles. The van der Waals surface area contributed by atoms with Gasteiger partial charge in [0.1, 0.15) is 12.6 Å². The molecule has 0 saturated heterocycles. The van der Waals surface area contributed by atoms with Crippen molar-refractivity contribution in [1.82, 2.24) is 5.32 Å². The van der Waals surface area contributed by atoms with Gasteiger partial charge in [0.25, 0.3) is 0 Å². The van der Waals surface area contributed by atoms with Gasteiger partial charge in [0.2, 0.25) is 0 Å². The zero-order valence-corrected chi connectivity index (χ0v) is 12.1. The number of alkyl halides is 3. The summed E-state index contributed by atoms with van der Waals surface area (Å²) in [6.45, 7) is 3.29. The van der Waals surface area contributed by atoms with Crippen molar-refractivity contribution in [3.05, 3.63) is 48.0 Å². The van der Waals surface area contributed by atoms with Crippen LogP contribution in [0.4, 0.5) is 18.0 Å². The van der Waals surface area contributed by atoms with Crippen molar-refractivity contribution in [3.63, 3.8) is 0 Å². The number of carbonyl (C=O) groups is 2. The van der Waals surface area contributed by atoms with Gasteiger partial charge in [-0.1, -0.05) is 24.8 Å². The maximum atomic E-state index is 12.4. The minimum Gasteiger partial charge on any atom is -0.480 e. The first-order valence-electron chi connectivity index (χ1n) is 6.67. The van der Waals surface area contributed by atoms with E-state index in [4.69, 9.17) is 5.11 Å². The third-order valence-corrected chi connectivity index (χ3v) is 2.93. The number of aryl methyl sites for hydroxylation is 1. The molecule has 0 bridgehead atoms. The molecule has 1 amide bonds. The first-order valence-corrected chi connectivity index (χ1v) is 6.67. The average Bonchev–Trinajstić information content (AvgIpc) is 2.48. The summed E-state index contributed by atoms with van der Waals surface area (Å²) in [5.41, 5.74) is -0.243. The van der Waals surface area contributed by atoms with Crippen LogP contribution in [0.5, 0.6) is 0 Å². The normalized spacial score (nSPS) is 12.3. The van der Waals surface area contributed by atoms with Gasteiger partial charge in [-0.25, -0.2) is 9.59 Å². The molecule has 2 N–H and O–H groups in total. The number of alkyl carbamates (subject to hydrolysis) is 1. The van der Waals surface area contributed by atoms with Crippen molar-refractivity contribution >= 4 is 12.1 Å². The molecule has 0 aromatic heterocycles. The number of rotatable bonds is 7. The molecule has 0 fully saturated rings. The smallest absolute Gasteiger partial charge is 0.416 e. The number of carbonyl (C=O) groups excluding carboxylic acids is 1. The maximum Gasteiger partial charge on any atom is 0.416 e. The van der Waals surface area contributed by atoms with E-state index < -0.39 is 29.8 Å². The monoisotopic (exact) mass is 331 g/mol. The van der Waals surface area contributed by atoms with Crippen molar-refractivity contribution in [2.24, 2.45) is 0 Å². The van der Waals surface area contributed by atoms with Crippen LogP contribution in [0.3, 0.4) is 0 Å². The zero-order chi connectivity index (χ0) is 17.5. The highest BCUT2D eigenvalue weighted by atomic mass is 19.4. The Labute approximate surface area is 130 Å². The Morgan fingerprint density at radius 3 is 2.39 bits per heavy atom. The minimum atomic E-state index is -4.42. The van der Waals surface area contributed by atoms with Crippen LogP contribution in [0, 0.1) is 0 Å². The third-order valence-electron chi connectivity index (χ3n) is 2.93. The van der Waals surface area contributed by atoms with Gasteiger partial charge < -0.3 is 15.2 Å². The summed E-state index contributed by atoms with van der Waals surface area (Å²) in [7, 11) is 0. The summed E-state index contributed by atoms with van der Waals surface area (Å²) < 4.78 is 41.9. The van der Waals surface area contributed by atoms with Gasteiger partial charge in [-0.2, -0.15) is 13.2 Å². The lowest BCUT2D eigenvalue weighted by molar-refractivity contribution is -0.139. The highest BCUT2D eigenvalue weighted by molar-refractivity contribution is 5.79. The molecule has 23 heavy (non-hydrogen) atoms. The number of carboxylic acid groups (broad SMARTS) is 1. The molecular weight excluding hydrogens is 315 g/mol. The molecule has 1 aromatic rings. The second-order valence-electron chi connectivity index (χ2n) is 4.66. The molecule has 126 valence electrons. The number of carboxylic acids is 1. The van der Waals surface area contributed by atoms with E-state index in [0.717, 1.165) is 12.1 Å². The summed E-state index contributed by atoms with van der Waals surface area (Å²) in [5.74, 6) is -1.26. The van der Waals surface area contributed by atoms with Gasteiger partial charge in [0.05, 0.1) is 5.56 Å². The van der Waals surface area contributed by atoms with Gasteiger partial charge in [0.15, 0.2) is 0 Å². The largest absolute Gasteiger partial charge is 0.480 e. The van der Waals surface area contributed by atoms with Gasteiger partial charge in [-0.15, -0.1) is 0 Å². The number of ether oxygens (including phenoxy) is 1. The molecule has 0 aliphatic heterocycles. The van der Waals surface area contributed by atoms with Crippen LogP contribution in [0.15, 0.2) is 36.9 Å². The second-order valence-corrected chi connectivity index (χ2v) is 4.66. The molecule has 0 saturated carbocycles. The van der Waals surface area contributed by atoms with Crippen molar-refractivity contribution in [1.29, 1.82) is 0 Å². The van der Waals surface area contributed by atoms with Crippen molar-refractivity contribution in [2.75, 3.05) is 6.61 Å². The molecule has 0 aliphatic rings. The predicted molar refractivity (Wildman–Crippen MR) is 75.9 cm³/mol. The molecule has 5 nitrogen and oxygen atoms in total. The van der Waals surface area contributed by atoms with Crippen LogP contribution in [0.1, 0.15) is 17.5 Å². The standard InChI is InChI=1S/C15H16F3NO4/c1-2-9-23-14(22)19-12(13(20)21)8-5-10-3-6-11(7-4-10)15(16,17)18/h2-4,6-7,12H,1,5,8-9H2,(H,19,22)(H,20,21). The highest BCUT2D eigenvalue weighted by Crippen LogP contribution is 2.29. The number of nitrogens with one attached hydrogen (secondary N) is 1. The highest BCUT2D eigenvalue weighted by Gasteiger charge is 2.30. The van der Waals surface area contributed by atoms with E-state index in [-0.39, 0.29) is 19.4 Å². The number of halogens is 3. The van der Waals surface area contributed by atoms with E-state index in [1.165, 1.54) is 18.2 Å². The Kier molecular flexibility index (Phi) is 6.62. The first kappa shape index (κ1) is 18.5. The van der Waals surface area contributed by atoms with Crippen LogP contribution in [-0.4, -0.2) is 29.8 Å². The van der Waals surface area contributed by atoms with Gasteiger partial charge in [-0.3, -0.25) is 0 Å². The van der Waals surface area contributed by atoms with Gasteiger partial charge >= 0.3 is 18.2 Å². The molecular formula is C15H16F3NO4. The molecule has 8 heteroatoms. The molecule has 1 rings (SSSR count). The molecule has 1 unspecified atom stereocenters. The lowest BCUT2D eigenvalue weighted by Crippen LogP contribution is -2.41. The Hall–Kier alpha value is -2.51. The fraction of sp³-hybridized carbons (Fsp3) is 0.333. The Morgan fingerprint density at radius 1 is 1.30 bits per heavy atom. The minimum absolute atomic E-state index is 0.0177. The topological polar surface area (TPSA) is 75.6 Å². The summed E-state index contributed by atoms with van der Waals surface area (Å²) in [6.07, 6.45) is -3.78. The first-order chi connectivity index (χ1) is 10.7. The predicted octanol–water partition coefficient (Wildman–Crippen LogP) is 3.00. The summed E-state index contributed by atoms with van der Waals surface area (Å²) in [5, 5.41) is 11.2. The number of benzene rings is 1. The van der Waals surface area contributed by atoms with E-state index in [1.807, 2.05) is 0 Å². The molecule has 0 spiro atoms. The van der Waals surface area contributed by atoms with E-state index in [1.54, 1.807) is 0 Å². The Balaban J connectivity index is 2.60. The SMILES string of the molecule is C=CCOC(=O)NC(CCc1ccc(C(F)(F)F)cc1)C(=O)O. The van der Waals surface area contributed by atoms with Crippen molar-refractivity contribution < 1.29 is 32.6 Å². The van der Waals surface area contributed by atoms with E-state index in [0.29, 0.717) is 5.56 Å². The number of amides is 1. The molecule has 0 aliphatic carbocycles. The van der Waals surface area contributed by atoms with Crippen LogP contribution >= 0.6 is 0 Å². The summed E-state index contributed by atoms with van der Waals surface area (Å²) >= 11 is 0. The Morgan fingerprint density at radius 2 is 1.91 bits per heavy atom. The Bertz CT molecular complexity index is 555. The fourth-order valence-corrected chi connectivity index (χ4v) is 1.75. The lowest BCUT2D eigenvalue weighted by Gasteiger charge is -2.14. The van der Waals surface area contributed by atoms with E-state index in [2.05, 4.69) is 16.6 Å². The average molecular weight is 331 g/mol. The molecule has 1 atom stereocenters. The number of hydrogen-bond acceptors (Lipinski definition) is 3. The summed E-state index contributed by atoms with van der Waals surface area (Å²) in [6, 6.07) is 3.21. The third kappa shape index (κ3) is 6.41. The summed E-state index contributed by atoms with van der Waals surface area (Å²) in [4.78, 5) is 22.4. The van der Waals surface area contributed by atoms with Crippen LogP contribution < -0.4 is 5.32 Å². The van der Waals surface area contributed by atoms with E-state index >= 15 is 0 Å². The van der Waals surface area contributed by atoms with Crippen molar-refractivity contribution in [2.45, 2.75) is 25.1 Å². The lowest BCUT2D eigenvalue weighted by atomic mass is 10.0. The molecule has 0 radical (unpaired) electrons. The van der Waals surface area contributed by atoms with E-state index in [9.17, 15) is 22.8 Å². The number of hydrogen-bond donors (Lipinski definition) is 2. The van der Waals surface area contributed by atoms with Crippen LogP contribution in [0.25, 0.3) is 0 Å². The fourth-order valence-electron chi connectivity index (χ4n) is 1.75. The number of aliphatic carboxylic acids is 1. The second kappa shape index (κ2) is 8.21. The molecule has 1 aromatic carbocycles. The maximum absolute atomic E-state index is 12.4. The van der Waals surface area contributed by atoms with Crippen molar-refractivity contribution in [3.8, 4) is 0 Å². The van der Waals surface area contributed by atoms with Crippen LogP contribution in [-0.2, 0) is 22.1 Å². The quantitative estimate of drug-likeness (QED) is 0.753. The zero-order valence-electron chi connectivity index (χ0n) is 12.1.